The molecule has 10 rings (SSSR count). The van der Waals surface area contributed by atoms with Crippen LogP contribution in [0.1, 0.15) is 0 Å². The van der Waals surface area contributed by atoms with Crippen molar-refractivity contribution < 1.29 is 4.42 Å². The molecule has 0 aliphatic rings. The van der Waals surface area contributed by atoms with Crippen LogP contribution in [0.15, 0.2) is 174 Å². The molecule has 0 unspecified atom stereocenters. The van der Waals surface area contributed by atoms with Gasteiger partial charge in [-0.2, -0.15) is 0 Å². The smallest absolute Gasteiger partial charge is 0.145 e. The summed E-state index contributed by atoms with van der Waals surface area (Å²) in [6, 6.07) is 58.9. The number of rotatable bonds is 5. The second kappa shape index (κ2) is 10.9. The maximum absolute atomic E-state index is 6.59. The van der Waals surface area contributed by atoms with Crippen LogP contribution in [0.3, 0.4) is 0 Å². The van der Waals surface area contributed by atoms with E-state index < -0.39 is 0 Å². The molecule has 5 heteroatoms. The molecule has 3 heterocycles. The molecule has 0 aliphatic carbocycles. The molecule has 0 saturated carbocycles. The molecule has 0 spiro atoms. The Bertz CT molecular complexity index is 2690. The van der Waals surface area contributed by atoms with Crippen LogP contribution in [0.25, 0.3) is 89.3 Å². The van der Waals surface area contributed by atoms with Gasteiger partial charge in [0.2, 0.25) is 0 Å². The molecule has 49 heavy (non-hydrogen) atoms. The SMILES string of the molecule is c1ccc(-c2nc3ccccc3n2-c2cc(-c3cccc4c3oc3ccccc34)cc(-n3c(-c4ccccc4)nc4ccccc43)c2)cc1. The van der Waals surface area contributed by atoms with E-state index in [1.807, 2.05) is 36.4 Å². The second-order valence-electron chi connectivity index (χ2n) is 12.3. The minimum absolute atomic E-state index is 0.865. The summed E-state index contributed by atoms with van der Waals surface area (Å²) in [5.74, 6) is 1.76. The first kappa shape index (κ1) is 27.4. The summed E-state index contributed by atoms with van der Waals surface area (Å²) >= 11 is 0. The van der Waals surface area contributed by atoms with Crippen molar-refractivity contribution >= 4 is 44.0 Å². The lowest BCUT2D eigenvalue weighted by atomic mass is 10.0. The van der Waals surface area contributed by atoms with E-state index in [1.165, 1.54) is 0 Å². The van der Waals surface area contributed by atoms with Crippen LogP contribution in [0.5, 0.6) is 0 Å². The molecule has 0 radical (unpaired) electrons. The van der Waals surface area contributed by atoms with Gasteiger partial charge in [-0.25, -0.2) is 9.97 Å². The maximum atomic E-state index is 6.59. The van der Waals surface area contributed by atoms with Gasteiger partial charge in [-0.1, -0.05) is 121 Å². The van der Waals surface area contributed by atoms with Crippen LogP contribution in [0, 0.1) is 0 Å². The number of hydrogen-bond donors (Lipinski definition) is 0. The average molecular weight is 629 g/mol. The topological polar surface area (TPSA) is 48.8 Å². The molecule has 230 valence electrons. The standard InChI is InChI=1S/C44H28N4O/c1-3-14-29(15-4-1)43-45-37-21-8-10-23-39(37)47(43)32-26-31(34-19-13-20-36-35-18-7-12-25-41(35)49-42(34)36)27-33(28-32)48-40-24-11-9-22-38(40)46-44(48)30-16-5-2-6-17-30/h1-28H. The number of para-hydroxylation sites is 6. The molecule has 0 N–H and O–H groups in total. The number of imidazole rings is 2. The minimum Gasteiger partial charge on any atom is -0.455 e. The molecule has 0 saturated heterocycles. The first-order valence-electron chi connectivity index (χ1n) is 16.4. The third-order valence-electron chi connectivity index (χ3n) is 9.32. The molecule has 0 aliphatic heterocycles. The van der Waals surface area contributed by atoms with E-state index in [9.17, 15) is 0 Å². The number of aromatic nitrogens is 4. The Morgan fingerprint density at radius 1 is 0.408 bits per heavy atom. The van der Waals surface area contributed by atoms with Crippen molar-refractivity contribution in [1.82, 2.24) is 19.1 Å². The van der Waals surface area contributed by atoms with Gasteiger partial charge in [-0.3, -0.25) is 9.13 Å². The third-order valence-corrected chi connectivity index (χ3v) is 9.32. The van der Waals surface area contributed by atoms with Crippen LogP contribution in [0.2, 0.25) is 0 Å². The van der Waals surface area contributed by atoms with Crippen molar-refractivity contribution in [1.29, 1.82) is 0 Å². The van der Waals surface area contributed by atoms with Gasteiger partial charge in [-0.05, 0) is 54.1 Å². The van der Waals surface area contributed by atoms with Gasteiger partial charge < -0.3 is 4.42 Å². The predicted molar refractivity (Wildman–Crippen MR) is 199 cm³/mol. The molecule has 0 fully saturated rings. The Morgan fingerprint density at radius 3 is 1.53 bits per heavy atom. The normalized spacial score (nSPS) is 11.7. The average Bonchev–Trinajstić information content (AvgIpc) is 3.87. The Balaban J connectivity index is 1.32. The molecule has 3 aromatic heterocycles. The highest BCUT2D eigenvalue weighted by Crippen LogP contribution is 2.40. The van der Waals surface area contributed by atoms with Crippen molar-refractivity contribution in [3.63, 3.8) is 0 Å². The molecule has 5 nitrogen and oxygen atoms in total. The number of hydrogen-bond acceptors (Lipinski definition) is 3. The highest BCUT2D eigenvalue weighted by atomic mass is 16.3. The zero-order valence-corrected chi connectivity index (χ0v) is 26.4. The lowest BCUT2D eigenvalue weighted by molar-refractivity contribution is 0.670. The maximum Gasteiger partial charge on any atom is 0.145 e. The summed E-state index contributed by atoms with van der Waals surface area (Å²) < 4.78 is 11.1. The van der Waals surface area contributed by atoms with Crippen molar-refractivity contribution in [2.75, 3.05) is 0 Å². The fourth-order valence-corrected chi connectivity index (χ4v) is 7.12. The third kappa shape index (κ3) is 4.40. The van der Waals surface area contributed by atoms with Crippen molar-refractivity contribution in [2.24, 2.45) is 0 Å². The van der Waals surface area contributed by atoms with Gasteiger partial charge in [0, 0.05) is 27.5 Å². The molecule has 7 aromatic carbocycles. The van der Waals surface area contributed by atoms with Gasteiger partial charge in [0.15, 0.2) is 0 Å². The van der Waals surface area contributed by atoms with E-state index in [0.717, 1.165) is 89.3 Å². The van der Waals surface area contributed by atoms with Crippen molar-refractivity contribution in [3.05, 3.63) is 170 Å². The van der Waals surface area contributed by atoms with Gasteiger partial charge in [0.1, 0.15) is 22.8 Å². The lowest BCUT2D eigenvalue weighted by Crippen LogP contribution is -2.03. The Kier molecular flexibility index (Phi) is 6.11. The second-order valence-corrected chi connectivity index (χ2v) is 12.3. The van der Waals surface area contributed by atoms with E-state index in [-0.39, 0.29) is 0 Å². The number of nitrogens with zero attached hydrogens (tertiary/aromatic N) is 4. The molecule has 0 bridgehead atoms. The fraction of sp³-hybridized carbons (Fsp3) is 0. The van der Waals surface area contributed by atoms with E-state index >= 15 is 0 Å². The largest absolute Gasteiger partial charge is 0.455 e. The van der Waals surface area contributed by atoms with E-state index in [2.05, 4.69) is 143 Å². The van der Waals surface area contributed by atoms with Crippen molar-refractivity contribution in [2.45, 2.75) is 0 Å². The minimum atomic E-state index is 0.865. The van der Waals surface area contributed by atoms with E-state index in [4.69, 9.17) is 14.4 Å². The Labute approximate surface area is 282 Å². The predicted octanol–water partition coefficient (Wildman–Crippen LogP) is 11.3. The number of benzene rings is 7. The molecule has 0 atom stereocenters. The van der Waals surface area contributed by atoms with Crippen LogP contribution >= 0.6 is 0 Å². The summed E-state index contributed by atoms with van der Waals surface area (Å²) in [4.78, 5) is 10.3. The van der Waals surface area contributed by atoms with Gasteiger partial charge in [0.05, 0.1) is 33.4 Å². The summed E-state index contributed by atoms with van der Waals surface area (Å²) in [7, 11) is 0. The summed E-state index contributed by atoms with van der Waals surface area (Å²) in [6.07, 6.45) is 0. The van der Waals surface area contributed by atoms with Crippen molar-refractivity contribution in [3.8, 4) is 45.3 Å². The lowest BCUT2D eigenvalue weighted by Gasteiger charge is -2.17. The monoisotopic (exact) mass is 628 g/mol. The van der Waals surface area contributed by atoms with Crippen LogP contribution in [-0.4, -0.2) is 19.1 Å². The van der Waals surface area contributed by atoms with E-state index in [0.29, 0.717) is 0 Å². The first-order chi connectivity index (χ1) is 24.3. The van der Waals surface area contributed by atoms with Crippen LogP contribution in [-0.2, 0) is 0 Å². The molecule has 10 aromatic rings. The molecular weight excluding hydrogens is 601 g/mol. The van der Waals surface area contributed by atoms with Crippen LogP contribution in [0.4, 0.5) is 0 Å². The number of furan rings is 1. The molecule has 0 amide bonds. The highest BCUT2D eigenvalue weighted by molar-refractivity contribution is 6.09. The van der Waals surface area contributed by atoms with Gasteiger partial charge in [0.25, 0.3) is 0 Å². The first-order valence-corrected chi connectivity index (χ1v) is 16.4. The highest BCUT2D eigenvalue weighted by Gasteiger charge is 2.21. The van der Waals surface area contributed by atoms with Gasteiger partial charge >= 0.3 is 0 Å². The zero-order chi connectivity index (χ0) is 32.3. The quantitative estimate of drug-likeness (QED) is 0.191. The van der Waals surface area contributed by atoms with Gasteiger partial charge in [-0.15, -0.1) is 0 Å². The Hall–Kier alpha value is -6.72. The molecular formula is C44H28N4O. The fourth-order valence-electron chi connectivity index (χ4n) is 7.12. The van der Waals surface area contributed by atoms with E-state index in [1.54, 1.807) is 0 Å². The zero-order valence-electron chi connectivity index (χ0n) is 26.4. The number of fused-ring (bicyclic) bond motifs is 5. The van der Waals surface area contributed by atoms with Crippen LogP contribution < -0.4 is 0 Å². The summed E-state index contributed by atoms with van der Waals surface area (Å²) in [5.41, 5.74) is 11.8. The summed E-state index contributed by atoms with van der Waals surface area (Å²) in [6.45, 7) is 0. The summed E-state index contributed by atoms with van der Waals surface area (Å²) in [5, 5.41) is 2.20. The Morgan fingerprint density at radius 2 is 0.918 bits per heavy atom.